The molecule has 0 aliphatic carbocycles. The van der Waals surface area contributed by atoms with E-state index in [1.165, 1.54) is 6.08 Å². The van der Waals surface area contributed by atoms with Crippen molar-refractivity contribution in [3.63, 3.8) is 0 Å². The number of hydrogen-bond acceptors (Lipinski definition) is 5. The fourth-order valence-electron chi connectivity index (χ4n) is 4.17. The van der Waals surface area contributed by atoms with Crippen LogP contribution < -0.4 is 10.6 Å². The monoisotopic (exact) mass is 410 g/mol. The molecule has 2 bridgehead atoms. The number of nitrogens with one attached hydrogen (secondary N) is 2. The lowest BCUT2D eigenvalue weighted by Gasteiger charge is -2.27. The lowest BCUT2D eigenvalue weighted by Crippen LogP contribution is -2.39. The molecule has 0 aromatic rings. The van der Waals surface area contributed by atoms with Crippen LogP contribution in [-0.4, -0.2) is 55.0 Å². The molecule has 3 N–H and O–H groups in total. The van der Waals surface area contributed by atoms with E-state index in [0.29, 0.717) is 19.1 Å². The molecule has 2 fully saturated rings. The number of carbonyl (C=O) groups excluding carboxylic acids is 2. The number of alkyl carbamates (subject to hydrolysis) is 1. The highest BCUT2D eigenvalue weighted by atomic mass is 16.6. The zero-order valence-electron chi connectivity index (χ0n) is 17.2. The number of fused-ring (bicyclic) bond motifs is 2. The maximum atomic E-state index is 11.9. The quantitative estimate of drug-likeness (QED) is 0.318. The van der Waals surface area contributed by atoms with E-state index in [1.807, 2.05) is 6.92 Å². The molecular weight excluding hydrogens is 376 g/mol. The first-order valence-corrected chi connectivity index (χ1v) is 10.7. The standard InChI is InChI=1S/C21H34N2O6/c1-2-3-12-22-19(24)13-23-21(27)28-14-16-15(17-10-11-18(16)29-17)8-6-4-5-7-9-20(25)26/h7,9,15-18H,2-6,8,10-14H2,1H3,(H,22,24)(H,23,27)(H,25,26)/b9-7+/t15-,16+,17-,18+/m1/s1. The third-order valence-corrected chi connectivity index (χ3v) is 5.66. The van der Waals surface area contributed by atoms with Crippen molar-refractivity contribution >= 4 is 18.0 Å². The molecule has 164 valence electrons. The van der Waals surface area contributed by atoms with Crippen molar-refractivity contribution in [1.29, 1.82) is 0 Å². The van der Waals surface area contributed by atoms with Crippen LogP contribution in [0, 0.1) is 11.8 Å². The molecule has 0 unspecified atom stereocenters. The van der Waals surface area contributed by atoms with Crippen molar-refractivity contribution in [3.8, 4) is 0 Å². The van der Waals surface area contributed by atoms with Crippen molar-refractivity contribution < 1.29 is 29.0 Å². The highest BCUT2D eigenvalue weighted by Crippen LogP contribution is 2.45. The Hall–Kier alpha value is -2.09. The number of allylic oxidation sites excluding steroid dienone is 1. The van der Waals surface area contributed by atoms with Crippen LogP contribution in [-0.2, 0) is 19.1 Å². The van der Waals surface area contributed by atoms with Gasteiger partial charge in [-0.25, -0.2) is 9.59 Å². The molecule has 8 nitrogen and oxygen atoms in total. The molecule has 2 amide bonds. The van der Waals surface area contributed by atoms with Crippen molar-refractivity contribution in [3.05, 3.63) is 12.2 Å². The van der Waals surface area contributed by atoms with Gasteiger partial charge < -0.3 is 25.2 Å². The Balaban J connectivity index is 1.66. The number of carboxylic acids is 1. The first-order chi connectivity index (χ1) is 14.0. The van der Waals surface area contributed by atoms with E-state index in [1.54, 1.807) is 6.08 Å². The van der Waals surface area contributed by atoms with E-state index in [-0.39, 0.29) is 30.6 Å². The predicted octanol–water partition coefficient (Wildman–Crippen LogP) is 2.62. The normalized spacial score (nSPS) is 25.3. The molecule has 2 aliphatic rings. The van der Waals surface area contributed by atoms with E-state index < -0.39 is 12.1 Å². The number of unbranched alkanes of at least 4 members (excludes halogenated alkanes) is 3. The minimum Gasteiger partial charge on any atom is -0.478 e. The Labute approximate surface area is 172 Å². The average Bonchev–Trinajstić information content (AvgIpc) is 3.29. The van der Waals surface area contributed by atoms with Crippen molar-refractivity contribution in [2.24, 2.45) is 11.8 Å². The number of amides is 2. The molecule has 0 radical (unpaired) electrons. The molecule has 0 aromatic heterocycles. The minimum absolute atomic E-state index is 0.0803. The van der Waals surface area contributed by atoms with E-state index in [0.717, 1.165) is 51.4 Å². The number of carboxylic acid groups (broad SMARTS) is 1. The predicted molar refractivity (Wildman–Crippen MR) is 107 cm³/mol. The van der Waals surface area contributed by atoms with Crippen LogP contribution in [0.5, 0.6) is 0 Å². The molecule has 0 aromatic carbocycles. The number of hydrogen-bond donors (Lipinski definition) is 3. The highest BCUT2D eigenvalue weighted by Gasteiger charge is 2.48. The van der Waals surface area contributed by atoms with Gasteiger partial charge in [0.05, 0.1) is 25.4 Å². The molecule has 2 heterocycles. The van der Waals surface area contributed by atoms with Gasteiger partial charge in [-0.2, -0.15) is 0 Å². The van der Waals surface area contributed by atoms with Gasteiger partial charge >= 0.3 is 12.1 Å². The molecule has 0 saturated carbocycles. The van der Waals surface area contributed by atoms with E-state index in [9.17, 15) is 14.4 Å². The Kier molecular flexibility index (Phi) is 9.97. The van der Waals surface area contributed by atoms with Crippen LogP contribution in [0.4, 0.5) is 4.79 Å². The van der Waals surface area contributed by atoms with Gasteiger partial charge in [0.1, 0.15) is 0 Å². The number of rotatable bonds is 13. The average molecular weight is 411 g/mol. The fraction of sp³-hybridized carbons (Fsp3) is 0.762. The summed E-state index contributed by atoms with van der Waals surface area (Å²) in [5, 5.41) is 13.8. The van der Waals surface area contributed by atoms with Crippen LogP contribution in [0.2, 0.25) is 0 Å². The summed E-state index contributed by atoms with van der Waals surface area (Å²) in [5.74, 6) is -0.580. The second-order valence-corrected chi connectivity index (χ2v) is 7.80. The van der Waals surface area contributed by atoms with Gasteiger partial charge in [0.25, 0.3) is 0 Å². The van der Waals surface area contributed by atoms with Crippen molar-refractivity contribution in [2.75, 3.05) is 19.7 Å². The third-order valence-electron chi connectivity index (χ3n) is 5.66. The summed E-state index contributed by atoms with van der Waals surface area (Å²) in [6, 6.07) is 0. The molecular formula is C21H34N2O6. The van der Waals surface area contributed by atoms with E-state index in [4.69, 9.17) is 14.6 Å². The molecule has 2 rings (SSSR count). The summed E-state index contributed by atoms with van der Waals surface area (Å²) in [7, 11) is 0. The topological polar surface area (TPSA) is 114 Å². The first kappa shape index (κ1) is 23.2. The summed E-state index contributed by atoms with van der Waals surface area (Å²) < 4.78 is 11.4. The Morgan fingerprint density at radius 3 is 2.59 bits per heavy atom. The largest absolute Gasteiger partial charge is 0.478 e. The van der Waals surface area contributed by atoms with Gasteiger partial charge in [-0.1, -0.05) is 25.8 Å². The van der Waals surface area contributed by atoms with Gasteiger partial charge in [0, 0.05) is 18.5 Å². The number of ether oxygens (including phenoxy) is 2. The lowest BCUT2D eigenvalue weighted by atomic mass is 9.77. The first-order valence-electron chi connectivity index (χ1n) is 10.7. The Morgan fingerprint density at radius 1 is 1.10 bits per heavy atom. The Morgan fingerprint density at radius 2 is 1.86 bits per heavy atom. The summed E-state index contributed by atoms with van der Waals surface area (Å²) in [6.07, 6.45) is 10.3. The van der Waals surface area contributed by atoms with Crippen LogP contribution in [0.15, 0.2) is 12.2 Å². The van der Waals surface area contributed by atoms with Crippen LogP contribution in [0.25, 0.3) is 0 Å². The number of aliphatic carboxylic acids is 1. The van der Waals surface area contributed by atoms with E-state index >= 15 is 0 Å². The fourth-order valence-corrected chi connectivity index (χ4v) is 4.17. The second-order valence-electron chi connectivity index (χ2n) is 7.80. The van der Waals surface area contributed by atoms with Gasteiger partial charge in [-0.05, 0) is 44.4 Å². The molecule has 2 aliphatic heterocycles. The molecule has 4 atom stereocenters. The van der Waals surface area contributed by atoms with Crippen molar-refractivity contribution in [1.82, 2.24) is 10.6 Å². The second kappa shape index (κ2) is 12.5. The van der Waals surface area contributed by atoms with Gasteiger partial charge in [0.2, 0.25) is 5.91 Å². The minimum atomic E-state index is -0.916. The highest BCUT2D eigenvalue weighted by molar-refractivity contribution is 5.82. The van der Waals surface area contributed by atoms with Crippen LogP contribution in [0.1, 0.15) is 58.3 Å². The summed E-state index contributed by atoms with van der Waals surface area (Å²) in [4.78, 5) is 34.0. The molecule has 8 heteroatoms. The SMILES string of the molecule is CCCCNC(=O)CNC(=O)OC[C@H]1[C@@H](CCCC/C=C/C(=O)O)[C@H]2CC[C@@H]1O2. The Bertz CT molecular complexity index is 580. The third kappa shape index (κ3) is 8.04. The summed E-state index contributed by atoms with van der Waals surface area (Å²) >= 11 is 0. The molecule has 2 saturated heterocycles. The summed E-state index contributed by atoms with van der Waals surface area (Å²) in [5.41, 5.74) is 0. The molecule has 29 heavy (non-hydrogen) atoms. The van der Waals surface area contributed by atoms with Gasteiger partial charge in [0.15, 0.2) is 0 Å². The smallest absolute Gasteiger partial charge is 0.407 e. The summed E-state index contributed by atoms with van der Waals surface area (Å²) in [6.45, 7) is 2.88. The molecule has 0 spiro atoms. The van der Waals surface area contributed by atoms with E-state index in [2.05, 4.69) is 10.6 Å². The van der Waals surface area contributed by atoms with Gasteiger partial charge in [-0.15, -0.1) is 0 Å². The number of carbonyl (C=O) groups is 3. The lowest BCUT2D eigenvalue weighted by molar-refractivity contribution is -0.131. The zero-order chi connectivity index (χ0) is 21.1. The van der Waals surface area contributed by atoms with Crippen molar-refractivity contribution in [2.45, 2.75) is 70.5 Å². The van der Waals surface area contributed by atoms with Crippen LogP contribution in [0.3, 0.4) is 0 Å². The maximum absolute atomic E-state index is 11.9. The maximum Gasteiger partial charge on any atom is 0.407 e. The zero-order valence-corrected chi connectivity index (χ0v) is 17.2. The van der Waals surface area contributed by atoms with Crippen LogP contribution >= 0.6 is 0 Å². The van der Waals surface area contributed by atoms with Gasteiger partial charge in [-0.3, -0.25) is 4.79 Å².